The maximum atomic E-state index is 13.2. The van der Waals surface area contributed by atoms with Gasteiger partial charge in [0, 0.05) is 42.9 Å². The number of hydrogen-bond donors (Lipinski definition) is 1. The molecule has 0 aliphatic heterocycles. The summed E-state index contributed by atoms with van der Waals surface area (Å²) in [7, 11) is 1.94. The highest BCUT2D eigenvalue weighted by Gasteiger charge is 2.23. The highest BCUT2D eigenvalue weighted by Crippen LogP contribution is 2.26. The summed E-state index contributed by atoms with van der Waals surface area (Å²) in [6, 6.07) is 5.67. The van der Waals surface area contributed by atoms with Gasteiger partial charge in [0.05, 0.1) is 16.1 Å². The number of unbranched alkanes of at least 4 members (excludes halogenated alkanes) is 1. The first-order valence-corrected chi connectivity index (χ1v) is 10.7. The second-order valence-corrected chi connectivity index (χ2v) is 9.59. The smallest absolute Gasteiger partial charge is 0.283 e. The number of ether oxygens (including phenoxy) is 1. The van der Waals surface area contributed by atoms with Crippen LogP contribution in [0.25, 0.3) is 0 Å². The van der Waals surface area contributed by atoms with Crippen molar-refractivity contribution in [2.75, 3.05) is 6.61 Å². The molecule has 32 heavy (non-hydrogen) atoms. The van der Waals surface area contributed by atoms with Crippen molar-refractivity contribution in [3.05, 3.63) is 51.1 Å². The molecule has 0 aliphatic carbocycles. The third-order valence-corrected chi connectivity index (χ3v) is 4.93. The van der Waals surface area contributed by atoms with E-state index in [1.165, 1.54) is 12.1 Å². The fraction of sp³-hybridized carbons (Fsp3) is 0.565. The molecule has 1 heterocycles. The molecule has 0 saturated carbocycles. The highest BCUT2D eigenvalue weighted by atomic mass is 16.6. The molecule has 0 bridgehead atoms. The summed E-state index contributed by atoms with van der Waals surface area (Å²) in [5, 5.41) is 21.2. The number of carbonyl (C=O) groups is 1. The lowest BCUT2D eigenvalue weighted by molar-refractivity contribution is -0.384. The fourth-order valence-corrected chi connectivity index (χ4v) is 3.28. The molecular weight excluding hydrogens is 412 g/mol. The van der Waals surface area contributed by atoms with Gasteiger partial charge in [0.2, 0.25) is 0 Å². The van der Waals surface area contributed by atoms with Crippen LogP contribution in [0.1, 0.15) is 70.4 Å². The molecule has 9 heteroatoms. The van der Waals surface area contributed by atoms with Gasteiger partial charge < -0.3 is 9.84 Å². The maximum Gasteiger partial charge on any atom is 0.283 e. The van der Waals surface area contributed by atoms with Gasteiger partial charge in [-0.3, -0.25) is 24.3 Å². The Morgan fingerprint density at radius 3 is 2.41 bits per heavy atom. The summed E-state index contributed by atoms with van der Waals surface area (Å²) in [5.74, 6) is -0.505. The topological polar surface area (TPSA) is 112 Å². The zero-order valence-electron chi connectivity index (χ0n) is 20.0. The van der Waals surface area contributed by atoms with Gasteiger partial charge in [0.1, 0.15) is 12.4 Å². The van der Waals surface area contributed by atoms with Crippen LogP contribution < -0.4 is 10.2 Å². The lowest BCUT2D eigenvalue weighted by Crippen LogP contribution is -2.28. The van der Waals surface area contributed by atoms with Crippen molar-refractivity contribution in [3.8, 4) is 5.75 Å². The lowest BCUT2D eigenvalue weighted by atomic mass is 9.92. The summed E-state index contributed by atoms with van der Waals surface area (Å²) < 4.78 is 9.55. The molecule has 176 valence electrons. The van der Waals surface area contributed by atoms with Crippen LogP contribution in [0, 0.1) is 10.1 Å². The predicted octanol–water partition coefficient (Wildman–Crippen LogP) is 3.72. The van der Waals surface area contributed by atoms with Crippen molar-refractivity contribution in [2.24, 2.45) is 12.0 Å². The van der Waals surface area contributed by atoms with E-state index in [1.807, 2.05) is 22.5 Å². The fourth-order valence-electron chi connectivity index (χ4n) is 3.28. The minimum absolute atomic E-state index is 0.0216. The summed E-state index contributed by atoms with van der Waals surface area (Å²) in [5.41, 5.74) is -0.0585. The van der Waals surface area contributed by atoms with Crippen LogP contribution in [0.4, 0.5) is 5.69 Å². The van der Waals surface area contributed by atoms with E-state index in [0.717, 1.165) is 24.6 Å². The SMILES string of the molecule is CCCCn1/c(=N/C(=O)c2cc([N+](=O)[O-])ccc2OCC(C)(C)O)cc(C(C)(C)C)n1C. The Morgan fingerprint density at radius 2 is 1.88 bits per heavy atom. The van der Waals surface area contributed by atoms with E-state index in [0.29, 0.717) is 12.0 Å². The van der Waals surface area contributed by atoms with E-state index in [9.17, 15) is 20.0 Å². The number of nitro benzene ring substituents is 1. The largest absolute Gasteiger partial charge is 0.490 e. The second-order valence-electron chi connectivity index (χ2n) is 9.59. The van der Waals surface area contributed by atoms with Crippen LogP contribution in [0.2, 0.25) is 0 Å². The number of non-ortho nitro benzene ring substituents is 1. The van der Waals surface area contributed by atoms with Gasteiger partial charge in [-0.15, -0.1) is 0 Å². The first-order valence-electron chi connectivity index (χ1n) is 10.7. The van der Waals surface area contributed by atoms with Crippen molar-refractivity contribution in [3.63, 3.8) is 0 Å². The van der Waals surface area contributed by atoms with Gasteiger partial charge in [-0.25, -0.2) is 0 Å². The molecule has 9 nitrogen and oxygen atoms in total. The van der Waals surface area contributed by atoms with Crippen LogP contribution in [0.3, 0.4) is 0 Å². The predicted molar refractivity (Wildman–Crippen MR) is 122 cm³/mol. The van der Waals surface area contributed by atoms with E-state index >= 15 is 0 Å². The van der Waals surface area contributed by atoms with E-state index in [1.54, 1.807) is 13.8 Å². The van der Waals surface area contributed by atoms with E-state index < -0.39 is 16.4 Å². The van der Waals surface area contributed by atoms with Crippen LogP contribution in [-0.4, -0.2) is 37.5 Å². The summed E-state index contributed by atoms with van der Waals surface area (Å²) in [6.45, 7) is 12.1. The zero-order valence-corrected chi connectivity index (χ0v) is 20.0. The second kappa shape index (κ2) is 9.68. The molecule has 0 unspecified atom stereocenters. The number of benzene rings is 1. The van der Waals surface area contributed by atoms with E-state index in [-0.39, 0.29) is 29.0 Å². The number of carbonyl (C=O) groups excluding carboxylic acids is 1. The van der Waals surface area contributed by atoms with Gasteiger partial charge in [-0.05, 0) is 26.3 Å². The van der Waals surface area contributed by atoms with Crippen molar-refractivity contribution < 1.29 is 19.6 Å². The van der Waals surface area contributed by atoms with Crippen LogP contribution in [0.5, 0.6) is 5.75 Å². The molecule has 2 aromatic rings. The summed E-state index contributed by atoms with van der Waals surface area (Å²) in [6.07, 6.45) is 1.90. The number of amides is 1. The maximum absolute atomic E-state index is 13.2. The minimum atomic E-state index is -1.14. The average Bonchev–Trinajstić information content (AvgIpc) is 2.99. The van der Waals surface area contributed by atoms with Crippen molar-refractivity contribution in [2.45, 2.75) is 71.9 Å². The number of aliphatic hydroxyl groups is 1. The lowest BCUT2D eigenvalue weighted by Gasteiger charge is -2.20. The van der Waals surface area contributed by atoms with Crippen molar-refractivity contribution in [1.29, 1.82) is 0 Å². The molecule has 0 atom stereocenters. The van der Waals surface area contributed by atoms with Crippen molar-refractivity contribution in [1.82, 2.24) is 9.36 Å². The number of aromatic nitrogens is 2. The molecule has 0 aliphatic rings. The van der Waals surface area contributed by atoms with Gasteiger partial charge in [0.25, 0.3) is 11.6 Å². The van der Waals surface area contributed by atoms with E-state index in [4.69, 9.17) is 4.74 Å². The first kappa shape index (κ1) is 25.3. The van der Waals surface area contributed by atoms with Gasteiger partial charge in [-0.2, -0.15) is 4.99 Å². The van der Waals surface area contributed by atoms with Gasteiger partial charge >= 0.3 is 0 Å². The molecule has 1 N–H and O–H groups in total. The Labute approximate surface area is 188 Å². The average molecular weight is 447 g/mol. The van der Waals surface area contributed by atoms with Gasteiger partial charge in [0.15, 0.2) is 5.49 Å². The molecule has 0 saturated heterocycles. The van der Waals surface area contributed by atoms with Crippen LogP contribution in [-0.2, 0) is 19.0 Å². The third-order valence-electron chi connectivity index (χ3n) is 4.93. The molecule has 1 aromatic heterocycles. The molecular formula is C23H34N4O5. The van der Waals surface area contributed by atoms with Gasteiger partial charge in [-0.1, -0.05) is 34.1 Å². The molecule has 1 amide bonds. The standard InChI is InChI=1S/C23H34N4O5/c1-8-9-12-26-20(14-19(25(26)7)22(2,3)4)24-21(28)17-13-16(27(30)31)10-11-18(17)32-15-23(5,6)29/h10-11,13-14,29H,8-9,12,15H2,1-7H3/b24-20+. The number of rotatable bonds is 8. The molecule has 0 spiro atoms. The van der Waals surface area contributed by atoms with Crippen LogP contribution >= 0.6 is 0 Å². The Hall–Kier alpha value is -2.94. The minimum Gasteiger partial charge on any atom is -0.490 e. The Bertz CT molecular complexity index is 1050. The third kappa shape index (κ3) is 6.29. The molecule has 0 fully saturated rings. The number of nitrogens with zero attached hydrogens (tertiary/aromatic N) is 4. The Morgan fingerprint density at radius 1 is 1.22 bits per heavy atom. The van der Waals surface area contributed by atoms with Crippen molar-refractivity contribution >= 4 is 11.6 Å². The van der Waals surface area contributed by atoms with Crippen LogP contribution in [0.15, 0.2) is 29.3 Å². The molecule has 0 radical (unpaired) electrons. The summed E-state index contributed by atoms with van der Waals surface area (Å²) >= 11 is 0. The zero-order chi connectivity index (χ0) is 24.3. The monoisotopic (exact) mass is 446 g/mol. The Balaban J connectivity index is 2.61. The Kier molecular flexibility index (Phi) is 7.66. The highest BCUT2D eigenvalue weighted by molar-refractivity contribution is 5.98. The van der Waals surface area contributed by atoms with E-state index in [2.05, 4.69) is 32.7 Å². The number of nitro groups is 1. The normalized spacial score (nSPS) is 12.8. The quantitative estimate of drug-likeness (QED) is 0.491. The number of hydrogen-bond acceptors (Lipinski definition) is 5. The molecule has 2 rings (SSSR count). The molecule has 1 aromatic carbocycles. The summed E-state index contributed by atoms with van der Waals surface area (Å²) in [4.78, 5) is 28.2. The first-order chi connectivity index (χ1) is 14.7.